The minimum atomic E-state index is -0.243. The van der Waals surface area contributed by atoms with Crippen LogP contribution in [0.3, 0.4) is 0 Å². The lowest BCUT2D eigenvalue weighted by molar-refractivity contribution is -0.142. The molecule has 1 aliphatic rings. The Bertz CT molecular complexity index is 447. The van der Waals surface area contributed by atoms with E-state index >= 15 is 0 Å². The van der Waals surface area contributed by atoms with Crippen LogP contribution in [0.25, 0.3) is 0 Å². The fraction of sp³-hybridized carbons (Fsp3) is 0.786. The Morgan fingerprint density at radius 1 is 1.43 bits per heavy atom. The number of rotatable bonds is 7. The second kappa shape index (κ2) is 8.58. The van der Waals surface area contributed by atoms with Gasteiger partial charge in [-0.05, 0) is 26.2 Å². The molecule has 1 aliphatic carbocycles. The van der Waals surface area contributed by atoms with Gasteiger partial charge in [0.1, 0.15) is 5.25 Å². The number of ether oxygens (including phenoxy) is 1. The number of aromatic nitrogens is 2. The molecule has 1 fully saturated rings. The smallest absolute Gasteiger partial charge is 0.319 e. The predicted octanol–water partition coefficient (Wildman–Crippen LogP) is 3.72. The van der Waals surface area contributed by atoms with Crippen molar-refractivity contribution in [2.45, 2.75) is 68.0 Å². The van der Waals surface area contributed by atoms with Crippen LogP contribution in [0.4, 0.5) is 5.13 Å². The Hall–Kier alpha value is -0.820. The molecule has 0 saturated heterocycles. The van der Waals surface area contributed by atoms with Crippen LogP contribution in [0.5, 0.6) is 0 Å². The maximum atomic E-state index is 11.7. The average Bonchev–Trinajstić information content (AvgIpc) is 2.92. The van der Waals surface area contributed by atoms with Gasteiger partial charge in [0.2, 0.25) is 5.13 Å². The molecule has 0 spiro atoms. The van der Waals surface area contributed by atoms with Crippen molar-refractivity contribution in [3.63, 3.8) is 0 Å². The van der Waals surface area contributed by atoms with Gasteiger partial charge in [-0.25, -0.2) is 0 Å². The molecule has 1 aromatic rings. The van der Waals surface area contributed by atoms with Crippen LogP contribution < -0.4 is 5.32 Å². The summed E-state index contributed by atoms with van der Waals surface area (Å²) >= 11 is 2.93. The molecule has 21 heavy (non-hydrogen) atoms. The topological polar surface area (TPSA) is 64.1 Å². The maximum absolute atomic E-state index is 11.7. The van der Waals surface area contributed by atoms with E-state index in [1.54, 1.807) is 0 Å². The lowest BCUT2D eigenvalue weighted by Gasteiger charge is -2.21. The van der Waals surface area contributed by atoms with E-state index in [1.165, 1.54) is 55.2 Å². The summed E-state index contributed by atoms with van der Waals surface area (Å²) in [4.78, 5) is 11.7. The molecule has 1 heterocycles. The Morgan fingerprint density at radius 3 is 2.90 bits per heavy atom. The third-order valence-corrected chi connectivity index (χ3v) is 5.41. The van der Waals surface area contributed by atoms with Crippen LogP contribution in [0, 0.1) is 0 Å². The van der Waals surface area contributed by atoms with Gasteiger partial charge in [0.05, 0.1) is 6.61 Å². The van der Waals surface area contributed by atoms with Crippen molar-refractivity contribution in [2.75, 3.05) is 11.9 Å². The molecule has 0 aromatic carbocycles. The summed E-state index contributed by atoms with van der Waals surface area (Å²) < 4.78 is 5.95. The first-order chi connectivity index (χ1) is 10.2. The third kappa shape index (κ3) is 5.47. The summed E-state index contributed by atoms with van der Waals surface area (Å²) in [6.45, 7) is 4.31. The van der Waals surface area contributed by atoms with Crippen LogP contribution in [0.15, 0.2) is 4.34 Å². The molecule has 118 valence electrons. The van der Waals surface area contributed by atoms with Gasteiger partial charge in [-0.2, -0.15) is 0 Å². The molecule has 0 aliphatic heterocycles. The average molecular weight is 329 g/mol. The van der Waals surface area contributed by atoms with E-state index in [4.69, 9.17) is 4.74 Å². The second-order valence-corrected chi connectivity index (χ2v) is 7.85. The molecule has 5 nitrogen and oxygen atoms in total. The predicted molar refractivity (Wildman–Crippen MR) is 87.0 cm³/mol. The van der Waals surface area contributed by atoms with Gasteiger partial charge in [0.25, 0.3) is 0 Å². The van der Waals surface area contributed by atoms with Crippen molar-refractivity contribution in [3.05, 3.63) is 0 Å². The first-order valence-corrected chi connectivity index (χ1v) is 9.32. The summed E-state index contributed by atoms with van der Waals surface area (Å²) in [6, 6.07) is 0.525. The van der Waals surface area contributed by atoms with E-state index < -0.39 is 0 Å². The Morgan fingerprint density at radius 2 is 2.19 bits per heavy atom. The number of carbonyl (C=O) groups excluding carboxylic acids is 1. The fourth-order valence-electron chi connectivity index (χ4n) is 2.26. The Labute approximate surface area is 134 Å². The fourth-order valence-corrected chi connectivity index (χ4v) is 4.23. The van der Waals surface area contributed by atoms with Crippen LogP contribution in [0.1, 0.15) is 52.4 Å². The third-order valence-electron chi connectivity index (χ3n) is 3.40. The van der Waals surface area contributed by atoms with E-state index in [-0.39, 0.29) is 11.2 Å². The molecule has 1 aromatic heterocycles. The molecule has 1 atom stereocenters. The molecule has 7 heteroatoms. The molecular formula is C14H23N3O2S2. The molecule has 0 amide bonds. The Kier molecular flexibility index (Phi) is 6.76. The zero-order valence-electron chi connectivity index (χ0n) is 12.6. The van der Waals surface area contributed by atoms with Crippen LogP contribution in [-0.4, -0.2) is 34.1 Å². The monoisotopic (exact) mass is 329 g/mol. The Balaban J connectivity index is 1.80. The quantitative estimate of drug-likeness (QED) is 0.607. The molecule has 0 bridgehead atoms. The zero-order valence-corrected chi connectivity index (χ0v) is 14.3. The van der Waals surface area contributed by atoms with Gasteiger partial charge >= 0.3 is 5.97 Å². The molecular weight excluding hydrogens is 306 g/mol. The molecule has 1 unspecified atom stereocenters. The van der Waals surface area contributed by atoms with Gasteiger partial charge in [-0.15, -0.1) is 10.2 Å². The lowest BCUT2D eigenvalue weighted by Crippen LogP contribution is -2.21. The summed E-state index contributed by atoms with van der Waals surface area (Å²) in [5, 5.41) is 12.4. The van der Waals surface area contributed by atoms with Gasteiger partial charge in [-0.3, -0.25) is 4.79 Å². The first-order valence-electron chi connectivity index (χ1n) is 7.62. The minimum absolute atomic E-state index is 0.182. The van der Waals surface area contributed by atoms with Crippen molar-refractivity contribution in [1.82, 2.24) is 10.2 Å². The molecule has 1 saturated carbocycles. The van der Waals surface area contributed by atoms with Crippen LogP contribution in [-0.2, 0) is 9.53 Å². The van der Waals surface area contributed by atoms with Gasteiger partial charge < -0.3 is 10.1 Å². The second-order valence-electron chi connectivity index (χ2n) is 5.28. The van der Waals surface area contributed by atoms with E-state index in [9.17, 15) is 4.79 Å². The van der Waals surface area contributed by atoms with Crippen LogP contribution >= 0.6 is 23.1 Å². The standard InChI is InChI=1S/C14H23N3O2S2/c1-3-9-19-12(18)10(2)20-14-17-16-13(21-14)15-11-7-5-4-6-8-11/h10-11H,3-9H2,1-2H3,(H,15,16). The highest BCUT2D eigenvalue weighted by molar-refractivity contribution is 8.02. The van der Waals surface area contributed by atoms with E-state index in [0.717, 1.165) is 15.9 Å². The highest BCUT2D eigenvalue weighted by Gasteiger charge is 2.19. The van der Waals surface area contributed by atoms with E-state index in [1.807, 2.05) is 13.8 Å². The molecule has 2 rings (SSSR count). The van der Waals surface area contributed by atoms with Gasteiger partial charge in [0, 0.05) is 6.04 Å². The summed E-state index contributed by atoms with van der Waals surface area (Å²) in [7, 11) is 0. The van der Waals surface area contributed by atoms with Crippen molar-refractivity contribution >= 4 is 34.2 Å². The van der Waals surface area contributed by atoms with Crippen LogP contribution in [0.2, 0.25) is 0 Å². The first kappa shape index (κ1) is 16.5. The van der Waals surface area contributed by atoms with Crippen molar-refractivity contribution in [1.29, 1.82) is 0 Å². The number of esters is 1. The molecule has 0 radical (unpaired) electrons. The summed E-state index contributed by atoms with van der Waals surface area (Å²) in [5.41, 5.74) is 0. The van der Waals surface area contributed by atoms with Crippen molar-refractivity contribution < 1.29 is 9.53 Å². The molecule has 1 N–H and O–H groups in total. The minimum Gasteiger partial charge on any atom is -0.465 e. The number of nitrogens with one attached hydrogen (secondary N) is 1. The van der Waals surface area contributed by atoms with Crippen molar-refractivity contribution in [3.8, 4) is 0 Å². The van der Waals surface area contributed by atoms with Gasteiger partial charge in [0.15, 0.2) is 4.34 Å². The maximum Gasteiger partial charge on any atom is 0.319 e. The number of nitrogens with zero attached hydrogens (tertiary/aromatic N) is 2. The zero-order chi connectivity index (χ0) is 15.1. The number of anilines is 1. The van der Waals surface area contributed by atoms with Gasteiger partial charge in [-0.1, -0.05) is 49.3 Å². The summed E-state index contributed by atoms with van der Waals surface area (Å²) in [5.74, 6) is -0.182. The van der Waals surface area contributed by atoms with E-state index in [2.05, 4.69) is 15.5 Å². The number of thioether (sulfide) groups is 1. The largest absolute Gasteiger partial charge is 0.465 e. The van der Waals surface area contributed by atoms with Crippen molar-refractivity contribution in [2.24, 2.45) is 0 Å². The highest BCUT2D eigenvalue weighted by atomic mass is 32.2. The number of hydrogen-bond acceptors (Lipinski definition) is 7. The number of carbonyl (C=O) groups is 1. The van der Waals surface area contributed by atoms with E-state index in [0.29, 0.717) is 12.6 Å². The highest BCUT2D eigenvalue weighted by Crippen LogP contribution is 2.31. The lowest BCUT2D eigenvalue weighted by atomic mass is 9.96. The SMILES string of the molecule is CCCOC(=O)C(C)Sc1nnc(NC2CCCCC2)s1. The summed E-state index contributed by atoms with van der Waals surface area (Å²) in [6.07, 6.45) is 7.19. The number of hydrogen-bond donors (Lipinski definition) is 1. The normalized spacial score (nSPS) is 17.4.